The average Bonchev–Trinajstić information content (AvgIpc) is 3.30. The predicted molar refractivity (Wildman–Crippen MR) is 113 cm³/mol. The molecule has 1 N–H and O–H groups in total. The number of halogens is 2. The van der Waals surface area contributed by atoms with Crippen molar-refractivity contribution in [3.63, 3.8) is 0 Å². The van der Waals surface area contributed by atoms with Crippen molar-refractivity contribution in [3.8, 4) is 5.75 Å². The molecule has 1 amide bonds. The number of hydrogen-bond donors (Lipinski definition) is 1. The summed E-state index contributed by atoms with van der Waals surface area (Å²) < 4.78 is 13.8. The van der Waals surface area contributed by atoms with E-state index in [4.69, 9.17) is 20.8 Å². The Balaban J connectivity index is 1.46. The van der Waals surface area contributed by atoms with Crippen molar-refractivity contribution >= 4 is 39.1 Å². The Morgan fingerprint density at radius 3 is 2.87 bits per heavy atom. The fourth-order valence-corrected chi connectivity index (χ4v) is 3.13. The van der Waals surface area contributed by atoms with Crippen LogP contribution in [0.4, 0.5) is 5.69 Å². The van der Waals surface area contributed by atoms with E-state index in [1.165, 1.54) is 18.2 Å². The molecule has 2 heterocycles. The summed E-state index contributed by atoms with van der Waals surface area (Å²) >= 11 is 9.40. The predicted octanol–water partition coefficient (Wildman–Crippen LogP) is 4.51. The quantitative estimate of drug-likeness (QED) is 0.264. The number of carbonyl (C=O) groups is 1. The van der Waals surface area contributed by atoms with Gasteiger partial charge in [-0.3, -0.25) is 19.6 Å². The minimum absolute atomic E-state index is 0.0261. The van der Waals surface area contributed by atoms with Crippen LogP contribution in [0.1, 0.15) is 28.4 Å². The Bertz CT molecular complexity index is 1050. The number of nitro groups is 1. The molecule has 0 atom stereocenters. The van der Waals surface area contributed by atoms with Crippen LogP contribution in [-0.4, -0.2) is 27.2 Å². The largest absolute Gasteiger partial charge is 0.484 e. The number of carbonyl (C=O) groups excluding carboxylic acids is 1. The molecule has 11 heteroatoms. The van der Waals surface area contributed by atoms with Gasteiger partial charge in [0.05, 0.1) is 20.1 Å². The summed E-state index contributed by atoms with van der Waals surface area (Å²) in [6.45, 7) is 3.09. The lowest BCUT2D eigenvalue weighted by atomic mass is 10.3. The highest BCUT2D eigenvalue weighted by Gasteiger charge is 2.13. The van der Waals surface area contributed by atoms with Crippen LogP contribution < -0.4 is 10.1 Å². The van der Waals surface area contributed by atoms with Crippen molar-refractivity contribution in [2.24, 2.45) is 0 Å². The Hall–Kier alpha value is -2.85. The van der Waals surface area contributed by atoms with E-state index in [9.17, 15) is 14.9 Å². The molecule has 3 rings (SSSR count). The number of aromatic nitrogens is 2. The Morgan fingerprint density at radius 2 is 2.20 bits per heavy atom. The molecule has 0 fully saturated rings. The molecule has 0 unspecified atom stereocenters. The standard InChI is InChI=1S/C19H18BrClN4O5/c1-12-15(20)10-24(23-12)8-2-7-22-19(26)18-6-4-14(30-18)11-29-17-5-3-13(25(27)28)9-16(17)21/h3-6,9-10H,2,7-8,11H2,1H3,(H,22,26). The number of furan rings is 1. The molecular weight excluding hydrogens is 480 g/mol. The molecular formula is C19H18BrClN4O5. The second-order valence-electron chi connectivity index (χ2n) is 6.36. The third-order valence-corrected chi connectivity index (χ3v) is 5.19. The number of nitrogens with zero attached hydrogens (tertiary/aromatic N) is 3. The first kappa shape index (κ1) is 21.8. The van der Waals surface area contributed by atoms with Crippen molar-refractivity contribution in [1.82, 2.24) is 15.1 Å². The molecule has 9 nitrogen and oxygen atoms in total. The number of nitro benzene ring substituents is 1. The van der Waals surface area contributed by atoms with Crippen molar-refractivity contribution in [3.05, 3.63) is 73.4 Å². The number of amides is 1. The van der Waals surface area contributed by atoms with E-state index >= 15 is 0 Å². The van der Waals surface area contributed by atoms with Gasteiger partial charge >= 0.3 is 0 Å². The van der Waals surface area contributed by atoms with E-state index in [-0.39, 0.29) is 34.7 Å². The van der Waals surface area contributed by atoms with Crippen molar-refractivity contribution in [1.29, 1.82) is 0 Å². The lowest BCUT2D eigenvalue weighted by Crippen LogP contribution is -2.24. The second-order valence-corrected chi connectivity index (χ2v) is 7.62. The number of benzene rings is 1. The van der Waals surface area contributed by atoms with Gasteiger partial charge in [0.25, 0.3) is 11.6 Å². The van der Waals surface area contributed by atoms with Gasteiger partial charge in [-0.2, -0.15) is 5.10 Å². The van der Waals surface area contributed by atoms with Crippen LogP contribution in [0.15, 0.2) is 45.4 Å². The van der Waals surface area contributed by atoms with Gasteiger partial charge in [-0.1, -0.05) is 11.6 Å². The molecule has 0 radical (unpaired) electrons. The zero-order valence-corrected chi connectivity index (χ0v) is 18.3. The van der Waals surface area contributed by atoms with Crippen LogP contribution in [0.5, 0.6) is 5.75 Å². The van der Waals surface area contributed by atoms with Crippen LogP contribution in [-0.2, 0) is 13.2 Å². The first-order chi connectivity index (χ1) is 14.3. The summed E-state index contributed by atoms with van der Waals surface area (Å²) in [6.07, 6.45) is 2.61. The van der Waals surface area contributed by atoms with Crippen molar-refractivity contribution in [2.75, 3.05) is 6.54 Å². The summed E-state index contributed by atoms with van der Waals surface area (Å²) in [5.74, 6) is 0.546. The molecule has 0 saturated carbocycles. The zero-order valence-electron chi connectivity index (χ0n) is 15.9. The van der Waals surface area contributed by atoms with E-state index < -0.39 is 4.92 Å². The minimum Gasteiger partial charge on any atom is -0.484 e. The molecule has 158 valence electrons. The van der Waals surface area contributed by atoms with Gasteiger partial charge in [0, 0.05) is 31.4 Å². The van der Waals surface area contributed by atoms with Crippen LogP contribution >= 0.6 is 27.5 Å². The first-order valence-corrected chi connectivity index (χ1v) is 10.1. The van der Waals surface area contributed by atoms with Gasteiger partial charge < -0.3 is 14.5 Å². The van der Waals surface area contributed by atoms with Gasteiger partial charge in [-0.05, 0) is 47.5 Å². The number of hydrogen-bond acceptors (Lipinski definition) is 6. The third-order valence-electron chi connectivity index (χ3n) is 4.12. The molecule has 0 saturated heterocycles. The number of aryl methyl sites for hydroxylation is 2. The van der Waals surface area contributed by atoms with Gasteiger partial charge in [-0.25, -0.2) is 0 Å². The van der Waals surface area contributed by atoms with Crippen LogP contribution in [0.3, 0.4) is 0 Å². The summed E-state index contributed by atoms with van der Waals surface area (Å²) in [4.78, 5) is 22.4. The molecule has 30 heavy (non-hydrogen) atoms. The topological polar surface area (TPSA) is 112 Å². The summed E-state index contributed by atoms with van der Waals surface area (Å²) in [5, 5.41) is 18.0. The lowest BCUT2D eigenvalue weighted by molar-refractivity contribution is -0.384. The van der Waals surface area contributed by atoms with Crippen LogP contribution in [0.25, 0.3) is 0 Å². The molecule has 0 spiro atoms. The van der Waals surface area contributed by atoms with Crippen molar-refractivity contribution in [2.45, 2.75) is 26.5 Å². The smallest absolute Gasteiger partial charge is 0.286 e. The molecule has 0 aliphatic rings. The second kappa shape index (κ2) is 9.77. The molecule has 0 bridgehead atoms. The highest BCUT2D eigenvalue weighted by molar-refractivity contribution is 9.10. The van der Waals surface area contributed by atoms with Gasteiger partial charge in [0.15, 0.2) is 5.76 Å². The van der Waals surface area contributed by atoms with E-state index in [2.05, 4.69) is 26.3 Å². The first-order valence-electron chi connectivity index (χ1n) is 8.96. The maximum Gasteiger partial charge on any atom is 0.286 e. The van der Waals surface area contributed by atoms with Crippen molar-refractivity contribution < 1.29 is 18.9 Å². The Morgan fingerprint density at radius 1 is 1.40 bits per heavy atom. The SMILES string of the molecule is Cc1nn(CCCNC(=O)c2ccc(COc3ccc([N+](=O)[O-])cc3Cl)o2)cc1Br. The van der Waals surface area contributed by atoms with Gasteiger partial charge in [0.1, 0.15) is 18.1 Å². The third kappa shape index (κ3) is 5.61. The zero-order chi connectivity index (χ0) is 21.7. The van der Waals surface area contributed by atoms with Gasteiger partial charge in [0.2, 0.25) is 0 Å². The normalized spacial score (nSPS) is 10.8. The van der Waals surface area contributed by atoms with Crippen LogP contribution in [0, 0.1) is 17.0 Å². The molecule has 0 aliphatic heterocycles. The van der Waals surface area contributed by atoms with Crippen LogP contribution in [0.2, 0.25) is 5.02 Å². The molecule has 3 aromatic rings. The highest BCUT2D eigenvalue weighted by atomic mass is 79.9. The Labute approximate surface area is 185 Å². The van der Waals surface area contributed by atoms with E-state index in [0.717, 1.165) is 10.2 Å². The number of rotatable bonds is 9. The van der Waals surface area contributed by atoms with E-state index in [0.29, 0.717) is 25.3 Å². The molecule has 1 aromatic carbocycles. The number of ether oxygens (including phenoxy) is 1. The highest BCUT2D eigenvalue weighted by Crippen LogP contribution is 2.29. The lowest BCUT2D eigenvalue weighted by Gasteiger charge is -2.06. The maximum atomic E-state index is 12.2. The fourth-order valence-electron chi connectivity index (χ4n) is 2.58. The average molecular weight is 498 g/mol. The van der Waals surface area contributed by atoms with E-state index in [1.54, 1.807) is 12.1 Å². The van der Waals surface area contributed by atoms with Gasteiger partial charge in [-0.15, -0.1) is 0 Å². The summed E-state index contributed by atoms with van der Waals surface area (Å²) in [7, 11) is 0. The molecule has 0 aliphatic carbocycles. The molecule has 2 aromatic heterocycles. The number of nitrogens with one attached hydrogen (secondary N) is 1. The fraction of sp³-hybridized carbons (Fsp3) is 0.263. The summed E-state index contributed by atoms with van der Waals surface area (Å²) in [5.41, 5.74) is 0.791. The summed E-state index contributed by atoms with van der Waals surface area (Å²) in [6, 6.07) is 7.10. The Kier molecular flexibility index (Phi) is 7.11. The maximum absolute atomic E-state index is 12.2. The van der Waals surface area contributed by atoms with E-state index in [1.807, 2.05) is 17.8 Å². The minimum atomic E-state index is -0.540. The monoisotopic (exact) mass is 496 g/mol. The number of non-ortho nitro benzene ring substituents is 1.